The third-order valence-electron chi connectivity index (χ3n) is 6.94. The molecule has 9 rings (SSSR count). The quantitative estimate of drug-likeness (QED) is 0.180. The van der Waals surface area contributed by atoms with Crippen LogP contribution < -0.4 is 0 Å². The van der Waals surface area contributed by atoms with Gasteiger partial charge in [-0.25, -0.2) is 0 Å². The molecule has 9 aromatic rings. The molecule has 0 atom stereocenters. The van der Waals surface area contributed by atoms with E-state index in [9.17, 15) is 12.3 Å². The Hall–Kier alpha value is -5.24. The molecule has 0 spiro atoms. The first-order chi connectivity index (χ1) is 32.2. The van der Waals surface area contributed by atoms with Gasteiger partial charge in [0, 0.05) is 25.7 Å². The van der Waals surface area contributed by atoms with Gasteiger partial charge >= 0.3 is 0 Å². The van der Waals surface area contributed by atoms with Crippen LogP contribution in [0.3, 0.4) is 0 Å². The van der Waals surface area contributed by atoms with Crippen LogP contribution in [0.4, 0.5) is 0 Å². The Labute approximate surface area is 290 Å². The maximum absolute atomic E-state index is 9.49. The van der Waals surface area contributed by atoms with Crippen molar-refractivity contribution in [3.8, 4) is 33.4 Å². The molecule has 0 aliphatic carbocycles. The summed E-state index contributed by atoms with van der Waals surface area (Å²) in [6.45, 7) is 0. The van der Waals surface area contributed by atoms with Crippen LogP contribution in [0.2, 0.25) is 0 Å². The van der Waals surface area contributed by atoms with Gasteiger partial charge in [0.05, 0.1) is 35.6 Å². The van der Waals surface area contributed by atoms with Gasteiger partial charge in [0.2, 0.25) is 0 Å². The molecule has 1 heteroatoms. The van der Waals surface area contributed by atoms with Crippen molar-refractivity contribution in [2.24, 2.45) is 0 Å². The van der Waals surface area contributed by atoms with Gasteiger partial charge in [0.1, 0.15) is 0 Å². The summed E-state index contributed by atoms with van der Waals surface area (Å²) in [6.07, 6.45) is 0. The molecule has 1 aromatic heterocycles. The van der Waals surface area contributed by atoms with E-state index in [0.717, 1.165) is 0 Å². The van der Waals surface area contributed by atoms with Gasteiger partial charge in [-0.2, -0.15) is 0 Å². The van der Waals surface area contributed by atoms with Crippen molar-refractivity contribution >= 4 is 63.8 Å². The minimum atomic E-state index is -1.05. The van der Waals surface area contributed by atoms with E-state index in [2.05, 4.69) is 0 Å². The normalized spacial score (nSPS) is 20.2. The Morgan fingerprint density at radius 2 is 0.907 bits per heavy atom. The molecule has 0 bridgehead atoms. The molecule has 0 saturated heterocycles. The Morgan fingerprint density at radius 1 is 0.372 bits per heavy atom. The highest BCUT2D eigenvalue weighted by Gasteiger charge is 2.19. The summed E-state index contributed by atoms with van der Waals surface area (Å²) in [7, 11) is 0. The topological polar surface area (TPSA) is 0 Å². The zero-order valence-electron chi connectivity index (χ0n) is 47.4. The Balaban J connectivity index is 1.56. The summed E-state index contributed by atoms with van der Waals surface area (Å²) in [4.78, 5) is 0. The van der Waals surface area contributed by atoms with E-state index < -0.39 is 223 Å². The van der Waals surface area contributed by atoms with Gasteiger partial charge < -0.3 is 0 Å². The van der Waals surface area contributed by atoms with E-state index in [1.807, 2.05) is 0 Å². The highest BCUT2D eigenvalue weighted by molar-refractivity contribution is 7.26. The van der Waals surface area contributed by atoms with E-state index >= 15 is 0 Å². The van der Waals surface area contributed by atoms with Crippen LogP contribution in [-0.4, -0.2) is 0 Å². The predicted octanol–water partition coefficient (Wildman–Crippen LogP) is 12.5. The summed E-state index contributed by atoms with van der Waals surface area (Å²) in [5.41, 5.74) is -4.06. The van der Waals surface area contributed by atoms with Crippen LogP contribution in [0.1, 0.15) is 35.6 Å². The average Bonchev–Trinajstić information content (AvgIpc) is 3.72. The van der Waals surface area contributed by atoms with Gasteiger partial charge in [0.25, 0.3) is 0 Å². The van der Waals surface area contributed by atoms with E-state index in [4.69, 9.17) is 23.3 Å². The number of hydrogen-bond acceptors (Lipinski definition) is 1. The molecule has 0 amide bonds. The van der Waals surface area contributed by atoms with Crippen molar-refractivity contribution in [3.05, 3.63) is 157 Å². The molecule has 200 valence electrons. The lowest BCUT2D eigenvalue weighted by atomic mass is 9.85. The maximum Gasteiger partial charge on any atom is 0.0638 e. The molecule has 0 nitrogen and oxygen atoms in total. The predicted molar refractivity (Wildman–Crippen MR) is 188 cm³/mol. The number of benzene rings is 8. The number of fused-ring (bicyclic) bond motifs is 6. The van der Waals surface area contributed by atoms with Crippen LogP contribution in [-0.2, 0) is 0 Å². The van der Waals surface area contributed by atoms with Crippen LogP contribution in [0.5, 0.6) is 0 Å². The Kier molecular flexibility index (Phi) is 2.23. The fraction of sp³-hybridized carbons (Fsp3) is 0. The summed E-state index contributed by atoms with van der Waals surface area (Å²) in [5.74, 6) is 0. The van der Waals surface area contributed by atoms with Crippen LogP contribution >= 0.6 is 11.3 Å². The van der Waals surface area contributed by atoms with Gasteiger partial charge in [-0.15, -0.1) is 11.3 Å². The molecule has 0 N–H and O–H groups in total. The SMILES string of the molecule is [2H]c1c([2H])c(-c2c3c([2H])c([2H])c([2H])c([2H])c3c(-c3c([2H])c([2H])c([2H])c4c3sc3c([2H])c([2H])c([2H])c([2H])c34)c3c([2H])c([2H])c([2H])c([2H])c23)c([2H])c([2H])c1-c1c([2H])c([2H])c2c([2H])c([2H])c([2H])c([2H])c2c1[2H]. The first-order valence-corrected chi connectivity index (χ1v) is 13.5. The third kappa shape index (κ3) is 3.82. The highest BCUT2D eigenvalue weighted by atomic mass is 32.1. The minimum absolute atomic E-state index is 0.135. The molecule has 43 heavy (non-hydrogen) atoms. The zero-order chi connectivity index (χ0) is 51.0. The van der Waals surface area contributed by atoms with Crippen molar-refractivity contribution in [3.63, 3.8) is 0 Å². The van der Waals surface area contributed by atoms with E-state index in [1.165, 1.54) is 0 Å². The second-order valence-electron chi connectivity index (χ2n) is 9.26. The summed E-state index contributed by atoms with van der Waals surface area (Å²) in [6, 6.07) is -22.2. The minimum Gasteiger partial charge on any atom is -0.135 e. The van der Waals surface area contributed by atoms with E-state index in [-0.39, 0.29) is 20.2 Å². The third-order valence-corrected chi connectivity index (χ3v) is 8.06. The monoisotopic (exact) mass is 588 g/mol. The molecule has 0 fully saturated rings. The molecule has 0 aliphatic rings. The van der Waals surface area contributed by atoms with E-state index in [0.29, 0.717) is 11.3 Å². The van der Waals surface area contributed by atoms with Gasteiger partial charge in [-0.3, -0.25) is 0 Å². The lowest BCUT2D eigenvalue weighted by Gasteiger charge is -2.18. The van der Waals surface area contributed by atoms with Crippen LogP contribution in [0.15, 0.2) is 157 Å². The van der Waals surface area contributed by atoms with E-state index in [1.54, 1.807) is 0 Å². The molecule has 1 heterocycles. The fourth-order valence-electron chi connectivity index (χ4n) is 5.10. The van der Waals surface area contributed by atoms with Gasteiger partial charge in [-0.05, 0) is 72.2 Å². The van der Waals surface area contributed by atoms with Crippen LogP contribution in [0.25, 0.3) is 85.9 Å². The first kappa shape index (κ1) is 9.91. The standard InChI is InChI=1S/C42H26S/c1-2-11-30-26-31(25-22-27(30)10-1)28-20-23-29(24-21-28)40-33-13-3-5-15-35(33)41(36-16-6-4-14-34(36)40)38-18-9-17-37-32-12-7-8-19-39(32)43-42(37)38/h1-26H/i1D,2D,3D,4D,5D,6D,7D,8D,9D,10D,11D,12D,13D,14D,15D,16D,17D,18D,19D,20D,21D,22D,23D,24D,25D,26D. The lowest BCUT2D eigenvalue weighted by molar-refractivity contribution is 1.63. The Bertz CT molecular complexity index is 3860. The van der Waals surface area contributed by atoms with Crippen molar-refractivity contribution in [1.29, 1.82) is 0 Å². The number of thiophene rings is 1. The Morgan fingerprint density at radius 3 is 1.63 bits per heavy atom. The lowest BCUT2D eigenvalue weighted by Crippen LogP contribution is -1.91. The molecular formula is C42H26S. The molecule has 0 radical (unpaired) electrons. The van der Waals surface area contributed by atoms with Crippen molar-refractivity contribution in [2.45, 2.75) is 0 Å². The smallest absolute Gasteiger partial charge is 0.0638 e. The summed E-state index contributed by atoms with van der Waals surface area (Å²) < 4.78 is 232. The largest absolute Gasteiger partial charge is 0.135 e. The van der Waals surface area contributed by atoms with Crippen molar-refractivity contribution in [1.82, 2.24) is 0 Å². The van der Waals surface area contributed by atoms with Crippen molar-refractivity contribution in [2.75, 3.05) is 0 Å². The van der Waals surface area contributed by atoms with Crippen LogP contribution in [0, 0.1) is 0 Å². The second-order valence-corrected chi connectivity index (χ2v) is 10.3. The van der Waals surface area contributed by atoms with Gasteiger partial charge in [0.15, 0.2) is 0 Å². The first-order valence-electron chi connectivity index (χ1n) is 25.7. The summed E-state index contributed by atoms with van der Waals surface area (Å²) >= 11 is 0.638. The number of rotatable bonds is 3. The second kappa shape index (κ2) is 9.66. The maximum atomic E-state index is 9.49. The van der Waals surface area contributed by atoms with Gasteiger partial charge in [-0.1, -0.05) is 145 Å². The molecule has 0 unspecified atom stereocenters. The highest BCUT2D eigenvalue weighted by Crippen LogP contribution is 2.47. The van der Waals surface area contributed by atoms with Crippen molar-refractivity contribution < 1.29 is 35.6 Å². The average molecular weight is 589 g/mol. The molecular weight excluding hydrogens is 537 g/mol. The summed E-state index contributed by atoms with van der Waals surface area (Å²) in [5, 5.41) is -4.17. The molecule has 0 aliphatic heterocycles. The molecule has 0 saturated carbocycles. The molecule has 8 aromatic carbocycles. The zero-order valence-corrected chi connectivity index (χ0v) is 22.2. The fourth-order valence-corrected chi connectivity index (χ4v) is 6.17. The number of hydrogen-bond donors (Lipinski definition) is 0.